The minimum Gasteiger partial charge on any atom is -0.469 e. The maximum absolute atomic E-state index is 5.54. The summed E-state index contributed by atoms with van der Waals surface area (Å²) in [6.07, 6.45) is 8.21. The SMILES string of the molecule is CC1(CNC2CCCc3occc32)CCCS1. The molecule has 94 valence electrons. The van der Waals surface area contributed by atoms with Gasteiger partial charge in [0.2, 0.25) is 0 Å². The predicted octanol–water partition coefficient (Wildman–Crippen LogP) is 3.53. The molecule has 0 bridgehead atoms. The van der Waals surface area contributed by atoms with E-state index in [1.54, 1.807) is 0 Å². The Morgan fingerprint density at radius 2 is 2.47 bits per heavy atom. The first-order valence-corrected chi connectivity index (χ1v) is 7.69. The second-order valence-corrected chi connectivity index (χ2v) is 7.21. The molecule has 1 fully saturated rings. The van der Waals surface area contributed by atoms with Gasteiger partial charge < -0.3 is 9.73 Å². The van der Waals surface area contributed by atoms with Crippen molar-refractivity contribution in [3.8, 4) is 0 Å². The van der Waals surface area contributed by atoms with Crippen LogP contribution < -0.4 is 5.32 Å². The molecule has 17 heavy (non-hydrogen) atoms. The summed E-state index contributed by atoms with van der Waals surface area (Å²) in [5.74, 6) is 2.54. The second kappa shape index (κ2) is 4.69. The second-order valence-electron chi connectivity index (χ2n) is 5.53. The first kappa shape index (κ1) is 11.7. The van der Waals surface area contributed by atoms with Gasteiger partial charge in [-0.25, -0.2) is 0 Å². The van der Waals surface area contributed by atoms with Gasteiger partial charge in [0.05, 0.1) is 6.26 Å². The number of hydrogen-bond donors (Lipinski definition) is 1. The molecule has 0 aromatic carbocycles. The summed E-state index contributed by atoms with van der Waals surface area (Å²) in [5.41, 5.74) is 1.41. The molecule has 3 heteroatoms. The minimum atomic E-state index is 0.460. The van der Waals surface area contributed by atoms with Gasteiger partial charge in [0.1, 0.15) is 5.76 Å². The summed E-state index contributed by atoms with van der Waals surface area (Å²) >= 11 is 2.13. The van der Waals surface area contributed by atoms with Gasteiger partial charge >= 0.3 is 0 Å². The van der Waals surface area contributed by atoms with E-state index in [4.69, 9.17) is 4.42 Å². The molecule has 2 aliphatic rings. The van der Waals surface area contributed by atoms with Crippen molar-refractivity contribution < 1.29 is 4.42 Å². The van der Waals surface area contributed by atoms with Crippen LogP contribution in [0.3, 0.4) is 0 Å². The van der Waals surface area contributed by atoms with Crippen molar-refractivity contribution in [2.45, 2.75) is 49.8 Å². The Labute approximate surface area is 108 Å². The summed E-state index contributed by atoms with van der Waals surface area (Å²) in [4.78, 5) is 0. The fraction of sp³-hybridized carbons (Fsp3) is 0.714. The van der Waals surface area contributed by atoms with Crippen LogP contribution in [-0.2, 0) is 6.42 Å². The van der Waals surface area contributed by atoms with Crippen LogP contribution in [0.5, 0.6) is 0 Å². The zero-order chi connectivity index (χ0) is 11.7. The summed E-state index contributed by atoms with van der Waals surface area (Å²) in [5, 5.41) is 3.77. The molecule has 1 aromatic rings. The van der Waals surface area contributed by atoms with Crippen LogP contribution in [0.25, 0.3) is 0 Å². The first-order valence-electron chi connectivity index (χ1n) is 6.70. The van der Waals surface area contributed by atoms with E-state index in [0.717, 1.165) is 13.0 Å². The Kier molecular flexibility index (Phi) is 3.22. The molecular weight excluding hydrogens is 230 g/mol. The largest absolute Gasteiger partial charge is 0.469 e. The molecule has 0 spiro atoms. The lowest BCUT2D eigenvalue weighted by Crippen LogP contribution is -2.36. The molecule has 1 saturated heterocycles. The van der Waals surface area contributed by atoms with Crippen molar-refractivity contribution in [1.82, 2.24) is 5.32 Å². The van der Waals surface area contributed by atoms with Crippen LogP contribution in [0, 0.1) is 0 Å². The highest BCUT2D eigenvalue weighted by molar-refractivity contribution is 8.00. The zero-order valence-corrected chi connectivity index (χ0v) is 11.3. The summed E-state index contributed by atoms with van der Waals surface area (Å²) in [6.45, 7) is 3.53. The number of fused-ring (bicyclic) bond motifs is 1. The molecule has 1 N–H and O–H groups in total. The number of furan rings is 1. The van der Waals surface area contributed by atoms with Gasteiger partial charge in [-0.3, -0.25) is 0 Å². The van der Waals surface area contributed by atoms with E-state index >= 15 is 0 Å². The number of rotatable bonds is 3. The van der Waals surface area contributed by atoms with Crippen LogP contribution in [0.2, 0.25) is 0 Å². The van der Waals surface area contributed by atoms with Gasteiger partial charge in [0.25, 0.3) is 0 Å². The van der Waals surface area contributed by atoms with Crippen LogP contribution in [0.4, 0.5) is 0 Å². The van der Waals surface area contributed by atoms with Crippen LogP contribution in [0.15, 0.2) is 16.7 Å². The van der Waals surface area contributed by atoms with Gasteiger partial charge in [0.15, 0.2) is 0 Å². The van der Waals surface area contributed by atoms with Gasteiger partial charge in [-0.05, 0) is 44.4 Å². The van der Waals surface area contributed by atoms with Gasteiger partial charge in [0, 0.05) is 29.3 Å². The monoisotopic (exact) mass is 251 g/mol. The number of hydrogen-bond acceptors (Lipinski definition) is 3. The van der Waals surface area contributed by atoms with E-state index in [1.807, 2.05) is 6.26 Å². The molecule has 2 unspecified atom stereocenters. The van der Waals surface area contributed by atoms with Gasteiger partial charge in [-0.15, -0.1) is 0 Å². The Balaban J connectivity index is 1.63. The Hall–Kier alpha value is -0.410. The molecule has 2 atom stereocenters. The molecule has 3 rings (SSSR count). The Morgan fingerprint density at radius 1 is 1.53 bits per heavy atom. The summed E-state index contributed by atoms with van der Waals surface area (Å²) < 4.78 is 6.00. The average molecular weight is 251 g/mol. The molecule has 1 aromatic heterocycles. The highest BCUT2D eigenvalue weighted by Gasteiger charge is 2.31. The summed E-state index contributed by atoms with van der Waals surface area (Å²) in [6, 6.07) is 2.67. The molecule has 0 amide bonds. The van der Waals surface area contributed by atoms with Crippen molar-refractivity contribution in [1.29, 1.82) is 0 Å². The first-order chi connectivity index (χ1) is 8.27. The third kappa shape index (κ3) is 2.41. The molecule has 2 nitrogen and oxygen atoms in total. The highest BCUT2D eigenvalue weighted by Crippen LogP contribution is 2.38. The zero-order valence-electron chi connectivity index (χ0n) is 10.5. The minimum absolute atomic E-state index is 0.460. The third-order valence-corrected chi connectivity index (χ3v) is 5.61. The Bertz CT molecular complexity index is 381. The van der Waals surface area contributed by atoms with E-state index in [1.165, 1.54) is 42.8 Å². The van der Waals surface area contributed by atoms with E-state index in [2.05, 4.69) is 30.1 Å². The van der Waals surface area contributed by atoms with Crippen molar-refractivity contribution >= 4 is 11.8 Å². The lowest BCUT2D eigenvalue weighted by Gasteiger charge is -2.29. The number of aryl methyl sites for hydroxylation is 1. The molecule has 1 aliphatic heterocycles. The van der Waals surface area contributed by atoms with Crippen molar-refractivity contribution in [3.05, 3.63) is 23.7 Å². The Morgan fingerprint density at radius 3 is 3.29 bits per heavy atom. The van der Waals surface area contributed by atoms with Gasteiger partial charge in [-0.2, -0.15) is 11.8 Å². The van der Waals surface area contributed by atoms with Crippen molar-refractivity contribution in [3.63, 3.8) is 0 Å². The maximum Gasteiger partial charge on any atom is 0.108 e. The lowest BCUT2D eigenvalue weighted by atomic mass is 9.93. The fourth-order valence-electron chi connectivity index (χ4n) is 3.01. The molecule has 0 saturated carbocycles. The van der Waals surface area contributed by atoms with E-state index in [-0.39, 0.29) is 0 Å². The maximum atomic E-state index is 5.54. The van der Waals surface area contributed by atoms with E-state index in [0.29, 0.717) is 10.8 Å². The molecule has 2 heterocycles. The van der Waals surface area contributed by atoms with Crippen LogP contribution in [0.1, 0.15) is 50.0 Å². The molecule has 0 radical (unpaired) electrons. The standard InChI is InChI=1S/C14H21NOS/c1-14(7-3-9-17-14)10-15-12-4-2-5-13-11(12)6-8-16-13/h6,8,12,15H,2-5,7,9-10H2,1H3. The van der Waals surface area contributed by atoms with Crippen LogP contribution >= 0.6 is 11.8 Å². The molecular formula is C14H21NOS. The van der Waals surface area contributed by atoms with Crippen molar-refractivity contribution in [2.24, 2.45) is 0 Å². The highest BCUT2D eigenvalue weighted by atomic mass is 32.2. The topological polar surface area (TPSA) is 25.2 Å². The van der Waals surface area contributed by atoms with E-state index in [9.17, 15) is 0 Å². The third-order valence-electron chi connectivity index (χ3n) is 4.07. The smallest absolute Gasteiger partial charge is 0.108 e. The summed E-state index contributed by atoms with van der Waals surface area (Å²) in [7, 11) is 0. The fourth-order valence-corrected chi connectivity index (χ4v) is 4.27. The predicted molar refractivity (Wildman–Crippen MR) is 72.5 cm³/mol. The van der Waals surface area contributed by atoms with Crippen molar-refractivity contribution in [2.75, 3.05) is 12.3 Å². The van der Waals surface area contributed by atoms with Gasteiger partial charge in [-0.1, -0.05) is 0 Å². The quantitative estimate of drug-likeness (QED) is 0.889. The van der Waals surface area contributed by atoms with Crippen LogP contribution in [-0.4, -0.2) is 17.0 Å². The molecule has 1 aliphatic carbocycles. The number of thioether (sulfide) groups is 1. The van der Waals surface area contributed by atoms with E-state index < -0.39 is 0 Å². The number of nitrogens with one attached hydrogen (secondary N) is 1. The normalized spacial score (nSPS) is 32.6. The lowest BCUT2D eigenvalue weighted by molar-refractivity contribution is 0.395. The average Bonchev–Trinajstić information content (AvgIpc) is 2.95.